The quantitative estimate of drug-likeness (QED) is 0.371. The van der Waals surface area contributed by atoms with Crippen molar-refractivity contribution in [1.82, 2.24) is 0 Å². The number of hydrogen-bond acceptors (Lipinski definition) is 3. The van der Waals surface area contributed by atoms with Crippen LogP contribution in [0.25, 0.3) is 0 Å². The smallest absolute Gasteiger partial charge is 0.316 e. The van der Waals surface area contributed by atoms with Gasteiger partial charge in [-0.05, 0) is 93.8 Å². The largest absolute Gasteiger partial charge is 0.465 e. The summed E-state index contributed by atoms with van der Waals surface area (Å²) in [5.74, 6) is 4.31. The third kappa shape index (κ3) is 4.24. The minimum atomic E-state index is -0.501. The molecule has 4 aliphatic carbocycles. The summed E-state index contributed by atoms with van der Waals surface area (Å²) in [6, 6.07) is 0. The predicted octanol–water partition coefficient (Wildman–Crippen LogP) is 6.83. The van der Waals surface area contributed by atoms with E-state index in [1.54, 1.807) is 0 Å². The maximum Gasteiger partial charge on any atom is 0.316 e. The first kappa shape index (κ1) is 23.8. The number of esters is 1. The van der Waals surface area contributed by atoms with Gasteiger partial charge in [0.2, 0.25) is 0 Å². The average molecular weight is 419 g/mol. The highest BCUT2D eigenvalue weighted by atomic mass is 16.5. The molecule has 30 heavy (non-hydrogen) atoms. The van der Waals surface area contributed by atoms with E-state index in [1.165, 1.54) is 51.4 Å². The van der Waals surface area contributed by atoms with E-state index in [9.17, 15) is 9.59 Å². The van der Waals surface area contributed by atoms with Crippen molar-refractivity contribution in [3.05, 3.63) is 0 Å². The molecule has 0 amide bonds. The monoisotopic (exact) mass is 418 g/mol. The lowest BCUT2D eigenvalue weighted by molar-refractivity contribution is -0.166. The second kappa shape index (κ2) is 10.2. The van der Waals surface area contributed by atoms with E-state index in [4.69, 9.17) is 4.74 Å². The van der Waals surface area contributed by atoms with Crippen molar-refractivity contribution >= 4 is 11.8 Å². The van der Waals surface area contributed by atoms with E-state index in [-0.39, 0.29) is 17.2 Å². The lowest BCUT2D eigenvalue weighted by Gasteiger charge is -2.58. The summed E-state index contributed by atoms with van der Waals surface area (Å²) in [6.45, 7) is 10.7. The van der Waals surface area contributed by atoms with Crippen LogP contribution in [0.3, 0.4) is 0 Å². The lowest BCUT2D eigenvalue weighted by atomic mass is 9.46. The Morgan fingerprint density at radius 3 is 2.40 bits per heavy atom. The van der Waals surface area contributed by atoms with Crippen molar-refractivity contribution in [2.24, 2.45) is 46.8 Å². The fraction of sp³-hybridized carbons (Fsp3) is 0.926. The van der Waals surface area contributed by atoms with Gasteiger partial charge >= 0.3 is 5.97 Å². The van der Waals surface area contributed by atoms with E-state index in [0.29, 0.717) is 18.9 Å². The molecule has 4 rings (SSSR count). The first-order valence-corrected chi connectivity index (χ1v) is 13.2. The molecular formula is C27H46O3. The predicted molar refractivity (Wildman–Crippen MR) is 122 cm³/mol. The molecule has 0 bridgehead atoms. The molecule has 172 valence electrons. The number of Topliss-reactive ketones (excluding diaryl/α,β-unsaturated/α-hetero) is 1. The van der Waals surface area contributed by atoms with E-state index in [0.717, 1.165) is 42.4 Å². The molecule has 0 spiro atoms. The molecule has 0 aromatic carbocycles. The first-order valence-electron chi connectivity index (χ1n) is 13.2. The summed E-state index contributed by atoms with van der Waals surface area (Å²) in [7, 11) is 0. The van der Waals surface area contributed by atoms with Crippen LogP contribution in [-0.2, 0) is 14.3 Å². The van der Waals surface area contributed by atoms with Crippen LogP contribution in [-0.4, -0.2) is 18.4 Å². The Kier molecular flexibility index (Phi) is 8.07. The van der Waals surface area contributed by atoms with Gasteiger partial charge in [-0.3, -0.25) is 9.59 Å². The third-order valence-corrected chi connectivity index (χ3v) is 9.37. The zero-order valence-corrected chi connectivity index (χ0v) is 20.3. The van der Waals surface area contributed by atoms with Gasteiger partial charge in [-0.25, -0.2) is 0 Å². The van der Waals surface area contributed by atoms with Crippen LogP contribution in [0.2, 0.25) is 0 Å². The fourth-order valence-corrected chi connectivity index (χ4v) is 8.12. The summed E-state index contributed by atoms with van der Waals surface area (Å²) in [6.07, 6.45) is 13.7. The van der Waals surface area contributed by atoms with Crippen molar-refractivity contribution in [2.45, 2.75) is 105 Å². The molecule has 4 saturated carbocycles. The number of hydrogen-bond donors (Lipinski definition) is 0. The molecule has 3 heteroatoms. The van der Waals surface area contributed by atoms with Crippen LogP contribution in [0.15, 0.2) is 0 Å². The summed E-state index contributed by atoms with van der Waals surface area (Å²) < 4.78 is 5.22. The molecule has 0 aromatic heterocycles. The van der Waals surface area contributed by atoms with Gasteiger partial charge in [-0.15, -0.1) is 0 Å². The second-order valence-electron chi connectivity index (χ2n) is 10.6. The summed E-state index contributed by atoms with van der Waals surface area (Å²) in [5.41, 5.74) is -0.289. The van der Waals surface area contributed by atoms with Gasteiger partial charge in [0.1, 0.15) is 5.92 Å². The SMILES string of the molecule is CC.CCCC1CCC2C(CCC3C2CCC2(C)C(=O)C(C(=O)OCC)CCC32)C1. The highest BCUT2D eigenvalue weighted by molar-refractivity contribution is 6.02. The van der Waals surface area contributed by atoms with E-state index < -0.39 is 5.92 Å². The van der Waals surface area contributed by atoms with Crippen LogP contribution >= 0.6 is 0 Å². The Morgan fingerprint density at radius 2 is 1.70 bits per heavy atom. The fourth-order valence-electron chi connectivity index (χ4n) is 8.12. The zero-order valence-electron chi connectivity index (χ0n) is 20.3. The van der Waals surface area contributed by atoms with E-state index in [2.05, 4.69) is 13.8 Å². The van der Waals surface area contributed by atoms with Crippen LogP contribution in [0.5, 0.6) is 0 Å². The summed E-state index contributed by atoms with van der Waals surface area (Å²) >= 11 is 0. The molecule has 0 aliphatic heterocycles. The highest BCUT2D eigenvalue weighted by Gasteiger charge is 2.58. The maximum atomic E-state index is 13.4. The molecule has 4 aliphatic rings. The molecule has 0 saturated heterocycles. The molecule has 0 radical (unpaired) electrons. The average Bonchev–Trinajstić information content (AvgIpc) is 2.76. The van der Waals surface area contributed by atoms with Gasteiger partial charge in [-0.2, -0.15) is 0 Å². The number of ketones is 1. The molecule has 8 unspecified atom stereocenters. The van der Waals surface area contributed by atoms with Crippen molar-refractivity contribution in [1.29, 1.82) is 0 Å². The van der Waals surface area contributed by atoms with Crippen molar-refractivity contribution < 1.29 is 14.3 Å². The van der Waals surface area contributed by atoms with Crippen LogP contribution < -0.4 is 0 Å². The number of carbonyl (C=O) groups excluding carboxylic acids is 2. The minimum Gasteiger partial charge on any atom is -0.465 e. The number of fused-ring (bicyclic) bond motifs is 5. The van der Waals surface area contributed by atoms with E-state index >= 15 is 0 Å². The van der Waals surface area contributed by atoms with Gasteiger partial charge in [0, 0.05) is 5.41 Å². The maximum absolute atomic E-state index is 13.4. The second-order valence-corrected chi connectivity index (χ2v) is 10.6. The normalized spacial score (nSPS) is 42.7. The van der Waals surface area contributed by atoms with Gasteiger partial charge in [0.25, 0.3) is 0 Å². The van der Waals surface area contributed by atoms with E-state index in [1.807, 2.05) is 20.8 Å². The summed E-state index contributed by atoms with van der Waals surface area (Å²) in [4.78, 5) is 25.7. The molecule has 3 nitrogen and oxygen atoms in total. The van der Waals surface area contributed by atoms with Gasteiger partial charge in [0.15, 0.2) is 5.78 Å². The lowest BCUT2D eigenvalue weighted by Crippen LogP contribution is -2.56. The van der Waals surface area contributed by atoms with Crippen LogP contribution in [0.1, 0.15) is 105 Å². The minimum absolute atomic E-state index is 0.203. The summed E-state index contributed by atoms with van der Waals surface area (Å²) in [5, 5.41) is 0. The third-order valence-electron chi connectivity index (χ3n) is 9.37. The highest BCUT2D eigenvalue weighted by Crippen LogP contribution is 2.61. The Labute approximate surface area is 185 Å². The number of rotatable bonds is 4. The Bertz CT molecular complexity index is 599. The number of ether oxygens (including phenoxy) is 1. The van der Waals surface area contributed by atoms with Crippen LogP contribution in [0, 0.1) is 46.8 Å². The molecule has 0 aromatic rings. The van der Waals surface area contributed by atoms with Gasteiger partial charge < -0.3 is 4.74 Å². The van der Waals surface area contributed by atoms with Crippen molar-refractivity contribution in [2.75, 3.05) is 6.61 Å². The molecule has 4 fully saturated rings. The van der Waals surface area contributed by atoms with Crippen molar-refractivity contribution in [3.63, 3.8) is 0 Å². The molecule has 0 heterocycles. The first-order chi connectivity index (χ1) is 14.5. The van der Waals surface area contributed by atoms with Gasteiger partial charge in [0.05, 0.1) is 6.61 Å². The zero-order chi connectivity index (χ0) is 21.9. The van der Waals surface area contributed by atoms with Gasteiger partial charge in [-0.1, -0.05) is 47.0 Å². The Hall–Kier alpha value is -0.860. The molecule has 8 atom stereocenters. The number of carbonyl (C=O) groups is 2. The topological polar surface area (TPSA) is 43.4 Å². The standard InChI is InChI=1S/C25H40O3.C2H6/c1-4-6-16-7-9-18-17(15-16)8-10-20-19(18)13-14-25(3)22(20)12-11-21(23(25)26)24(27)28-5-2;1-2/h16-22H,4-15H2,1-3H3;1-2H3. The molecule has 0 N–H and O–H groups in total. The van der Waals surface area contributed by atoms with Crippen LogP contribution in [0.4, 0.5) is 0 Å². The Morgan fingerprint density at radius 1 is 0.967 bits per heavy atom. The Balaban J connectivity index is 0.00000124. The molecular weight excluding hydrogens is 372 g/mol. The van der Waals surface area contributed by atoms with Crippen molar-refractivity contribution in [3.8, 4) is 0 Å².